The van der Waals surface area contributed by atoms with Gasteiger partial charge >= 0.3 is 6.09 Å². The van der Waals surface area contributed by atoms with E-state index in [4.69, 9.17) is 4.74 Å². The number of carbonyl (C=O) groups excluding carboxylic acids is 1. The first kappa shape index (κ1) is 18.5. The van der Waals surface area contributed by atoms with Crippen molar-refractivity contribution in [2.45, 2.75) is 45.1 Å². The average Bonchev–Trinajstić information content (AvgIpc) is 2.73. The van der Waals surface area contributed by atoms with Gasteiger partial charge in [0.15, 0.2) is 0 Å². The van der Waals surface area contributed by atoms with Crippen LogP contribution in [0.1, 0.15) is 44.2 Å². The predicted octanol–water partition coefficient (Wildman–Crippen LogP) is 5.40. The third-order valence-corrected chi connectivity index (χ3v) is 6.03. The Kier molecular flexibility index (Phi) is 5.97. The maximum absolute atomic E-state index is 12.4. The van der Waals surface area contributed by atoms with Crippen LogP contribution in [0.3, 0.4) is 0 Å². The Morgan fingerprint density at radius 2 is 1.62 bits per heavy atom. The molecule has 1 saturated heterocycles. The zero-order valence-corrected chi connectivity index (χ0v) is 15.9. The average molecular weight is 351 g/mol. The van der Waals surface area contributed by atoms with Crippen LogP contribution < -0.4 is 0 Å². The number of piperidine rings is 1. The zero-order valence-electron chi connectivity index (χ0n) is 15.9. The van der Waals surface area contributed by atoms with Crippen molar-refractivity contribution in [3.63, 3.8) is 0 Å². The van der Waals surface area contributed by atoms with Crippen LogP contribution in [0.2, 0.25) is 0 Å². The standard InChI is InChI=1S/C23H29NO2/c1-3-23(2,20-12-8-5-9-13-20)21-14-16-24(17-15-21)22(25)26-18-19-10-6-4-7-11-19/h4-13,21H,3,14-18H2,1-2H3. The number of nitrogens with zero attached hydrogens (tertiary/aromatic N) is 1. The van der Waals surface area contributed by atoms with E-state index in [-0.39, 0.29) is 11.5 Å². The molecule has 1 atom stereocenters. The second-order valence-corrected chi connectivity index (χ2v) is 7.44. The van der Waals surface area contributed by atoms with E-state index >= 15 is 0 Å². The second-order valence-electron chi connectivity index (χ2n) is 7.44. The quantitative estimate of drug-likeness (QED) is 0.721. The highest BCUT2D eigenvalue weighted by atomic mass is 16.6. The summed E-state index contributed by atoms with van der Waals surface area (Å²) >= 11 is 0. The van der Waals surface area contributed by atoms with Gasteiger partial charge in [-0.3, -0.25) is 0 Å². The number of carbonyl (C=O) groups is 1. The lowest BCUT2D eigenvalue weighted by atomic mass is 9.66. The van der Waals surface area contributed by atoms with Crippen molar-refractivity contribution in [3.05, 3.63) is 71.8 Å². The summed E-state index contributed by atoms with van der Waals surface area (Å²) in [6.45, 7) is 6.54. The summed E-state index contributed by atoms with van der Waals surface area (Å²) in [6, 6.07) is 20.6. The monoisotopic (exact) mass is 351 g/mol. The van der Waals surface area contributed by atoms with Gasteiger partial charge in [0.25, 0.3) is 0 Å². The van der Waals surface area contributed by atoms with Crippen molar-refractivity contribution < 1.29 is 9.53 Å². The Morgan fingerprint density at radius 1 is 1.04 bits per heavy atom. The molecule has 0 aromatic heterocycles. The molecule has 0 radical (unpaired) electrons. The van der Waals surface area contributed by atoms with Crippen molar-refractivity contribution in [1.29, 1.82) is 0 Å². The highest BCUT2D eigenvalue weighted by Crippen LogP contribution is 2.41. The van der Waals surface area contributed by atoms with E-state index in [9.17, 15) is 4.79 Å². The summed E-state index contributed by atoms with van der Waals surface area (Å²) in [6.07, 6.45) is 2.98. The molecule has 1 heterocycles. The minimum atomic E-state index is -0.190. The number of hydrogen-bond donors (Lipinski definition) is 0. The van der Waals surface area contributed by atoms with E-state index in [1.54, 1.807) is 0 Å². The molecule has 1 fully saturated rings. The number of amides is 1. The lowest BCUT2D eigenvalue weighted by molar-refractivity contribution is 0.0719. The van der Waals surface area contributed by atoms with E-state index in [1.807, 2.05) is 35.2 Å². The van der Waals surface area contributed by atoms with Crippen LogP contribution in [0.25, 0.3) is 0 Å². The summed E-state index contributed by atoms with van der Waals surface area (Å²) in [5.41, 5.74) is 2.60. The molecule has 0 aliphatic carbocycles. The molecule has 2 aromatic rings. The molecule has 1 amide bonds. The van der Waals surface area contributed by atoms with Crippen LogP contribution in [-0.2, 0) is 16.8 Å². The molecule has 3 heteroatoms. The lowest BCUT2D eigenvalue weighted by Gasteiger charge is -2.42. The van der Waals surface area contributed by atoms with Crippen molar-refractivity contribution in [2.75, 3.05) is 13.1 Å². The topological polar surface area (TPSA) is 29.5 Å². The van der Waals surface area contributed by atoms with E-state index in [2.05, 4.69) is 44.2 Å². The summed E-state index contributed by atoms with van der Waals surface area (Å²) in [4.78, 5) is 14.2. The maximum atomic E-state index is 12.4. The number of ether oxygens (including phenoxy) is 1. The third kappa shape index (κ3) is 4.09. The van der Waals surface area contributed by atoms with Crippen LogP contribution in [0.5, 0.6) is 0 Å². The Bertz CT molecular complexity index is 693. The Hall–Kier alpha value is -2.29. The summed E-state index contributed by atoms with van der Waals surface area (Å²) in [7, 11) is 0. The van der Waals surface area contributed by atoms with Gasteiger partial charge in [0, 0.05) is 13.1 Å². The number of rotatable bonds is 5. The molecule has 1 aliphatic heterocycles. The zero-order chi connectivity index (χ0) is 18.4. The van der Waals surface area contributed by atoms with E-state index < -0.39 is 0 Å². The SMILES string of the molecule is CCC(C)(c1ccccc1)C1CCN(C(=O)OCc2ccccc2)CC1. The van der Waals surface area contributed by atoms with E-state index in [0.717, 1.165) is 37.9 Å². The summed E-state index contributed by atoms with van der Waals surface area (Å²) < 4.78 is 5.49. The molecule has 138 valence electrons. The lowest BCUT2D eigenvalue weighted by Crippen LogP contribution is -2.44. The van der Waals surface area contributed by atoms with Gasteiger partial charge in [0.1, 0.15) is 6.61 Å². The van der Waals surface area contributed by atoms with Gasteiger partial charge < -0.3 is 9.64 Å². The predicted molar refractivity (Wildman–Crippen MR) is 105 cm³/mol. The van der Waals surface area contributed by atoms with Crippen molar-refractivity contribution in [2.24, 2.45) is 5.92 Å². The number of hydrogen-bond acceptors (Lipinski definition) is 2. The van der Waals surface area contributed by atoms with Crippen molar-refractivity contribution in [3.8, 4) is 0 Å². The van der Waals surface area contributed by atoms with Crippen molar-refractivity contribution >= 4 is 6.09 Å². The summed E-state index contributed by atoms with van der Waals surface area (Å²) in [5.74, 6) is 0.591. The van der Waals surface area contributed by atoms with Gasteiger partial charge in [0.05, 0.1) is 0 Å². The van der Waals surface area contributed by atoms with Gasteiger partial charge in [-0.15, -0.1) is 0 Å². The first-order chi connectivity index (χ1) is 12.6. The molecule has 0 saturated carbocycles. The van der Waals surface area contributed by atoms with Gasteiger partial charge in [-0.05, 0) is 41.7 Å². The smallest absolute Gasteiger partial charge is 0.410 e. The molecule has 3 rings (SSSR count). The van der Waals surface area contributed by atoms with Crippen LogP contribution >= 0.6 is 0 Å². The molecular formula is C23H29NO2. The minimum absolute atomic E-state index is 0.168. The molecule has 1 unspecified atom stereocenters. The van der Waals surface area contributed by atoms with Crippen LogP contribution in [0.4, 0.5) is 4.79 Å². The normalized spacial score (nSPS) is 17.5. The molecular weight excluding hydrogens is 322 g/mol. The van der Waals surface area contributed by atoms with Gasteiger partial charge in [0.2, 0.25) is 0 Å². The fourth-order valence-electron chi connectivity index (χ4n) is 4.06. The molecule has 3 nitrogen and oxygen atoms in total. The highest BCUT2D eigenvalue weighted by molar-refractivity contribution is 5.67. The largest absolute Gasteiger partial charge is 0.445 e. The third-order valence-electron chi connectivity index (χ3n) is 6.03. The molecule has 0 N–H and O–H groups in total. The Labute approximate surface area is 157 Å². The van der Waals surface area contributed by atoms with Gasteiger partial charge in [-0.1, -0.05) is 74.5 Å². The van der Waals surface area contributed by atoms with Crippen molar-refractivity contribution in [1.82, 2.24) is 4.90 Å². The second kappa shape index (κ2) is 8.39. The molecule has 0 bridgehead atoms. The fraction of sp³-hybridized carbons (Fsp3) is 0.435. The highest BCUT2D eigenvalue weighted by Gasteiger charge is 2.37. The van der Waals surface area contributed by atoms with E-state index in [1.165, 1.54) is 5.56 Å². The van der Waals surface area contributed by atoms with Gasteiger partial charge in [-0.25, -0.2) is 4.79 Å². The number of benzene rings is 2. The first-order valence-corrected chi connectivity index (χ1v) is 9.64. The molecule has 0 spiro atoms. The Balaban J connectivity index is 1.55. The van der Waals surface area contributed by atoms with Crippen LogP contribution in [0.15, 0.2) is 60.7 Å². The first-order valence-electron chi connectivity index (χ1n) is 9.64. The Morgan fingerprint density at radius 3 is 2.19 bits per heavy atom. The van der Waals surface area contributed by atoms with Crippen LogP contribution in [-0.4, -0.2) is 24.1 Å². The van der Waals surface area contributed by atoms with E-state index in [0.29, 0.717) is 12.5 Å². The minimum Gasteiger partial charge on any atom is -0.445 e. The molecule has 26 heavy (non-hydrogen) atoms. The summed E-state index contributed by atoms with van der Waals surface area (Å²) in [5, 5.41) is 0. The maximum Gasteiger partial charge on any atom is 0.410 e. The molecule has 2 aromatic carbocycles. The van der Waals surface area contributed by atoms with Crippen LogP contribution in [0, 0.1) is 5.92 Å². The molecule has 1 aliphatic rings. The van der Waals surface area contributed by atoms with Gasteiger partial charge in [-0.2, -0.15) is 0 Å². The fourth-order valence-corrected chi connectivity index (χ4v) is 4.06. The number of likely N-dealkylation sites (tertiary alicyclic amines) is 1.